The zero-order valence-electron chi connectivity index (χ0n) is 9.01. The van der Waals surface area contributed by atoms with Gasteiger partial charge in [-0.05, 0) is 35.9 Å². The van der Waals surface area contributed by atoms with Crippen molar-refractivity contribution in [1.82, 2.24) is 19.7 Å². The maximum absolute atomic E-state index is 12.9. The zero-order chi connectivity index (χ0) is 12.7. The molecule has 2 heterocycles. The van der Waals surface area contributed by atoms with Crippen LogP contribution in [0, 0.1) is 5.82 Å². The Morgan fingerprint density at radius 3 is 2.61 bits per heavy atom. The van der Waals surface area contributed by atoms with E-state index >= 15 is 0 Å². The van der Waals surface area contributed by atoms with E-state index in [0.717, 1.165) is 0 Å². The molecule has 90 valence electrons. The molecule has 3 rings (SSSR count). The first-order valence-electron chi connectivity index (χ1n) is 5.08. The van der Waals surface area contributed by atoms with Crippen LogP contribution in [-0.4, -0.2) is 19.7 Å². The molecular formula is C11H7ClFN5. The molecule has 0 atom stereocenters. The number of benzene rings is 1. The summed E-state index contributed by atoms with van der Waals surface area (Å²) in [6, 6.07) is 5.87. The topological polar surface area (TPSA) is 69.6 Å². The molecular weight excluding hydrogens is 257 g/mol. The number of aromatic nitrogens is 4. The third-order valence-corrected chi connectivity index (χ3v) is 2.67. The predicted molar refractivity (Wildman–Crippen MR) is 66.0 cm³/mol. The summed E-state index contributed by atoms with van der Waals surface area (Å²) in [4.78, 5) is 7.92. The lowest BCUT2D eigenvalue weighted by Gasteiger charge is -2.03. The van der Waals surface area contributed by atoms with E-state index in [4.69, 9.17) is 17.3 Å². The Kier molecular flexibility index (Phi) is 2.38. The molecule has 0 fully saturated rings. The Morgan fingerprint density at radius 1 is 1.17 bits per heavy atom. The lowest BCUT2D eigenvalue weighted by Crippen LogP contribution is -2.00. The number of halogens is 2. The van der Waals surface area contributed by atoms with Gasteiger partial charge in [-0.3, -0.25) is 0 Å². The number of hydrogen-bond donors (Lipinski definition) is 1. The average Bonchev–Trinajstić information content (AvgIpc) is 2.74. The number of nitrogen functional groups attached to an aromatic ring is 1. The second-order valence-corrected chi connectivity index (χ2v) is 3.99. The van der Waals surface area contributed by atoms with Gasteiger partial charge in [0.1, 0.15) is 11.6 Å². The average molecular weight is 264 g/mol. The van der Waals surface area contributed by atoms with E-state index in [-0.39, 0.29) is 16.9 Å². The number of rotatable bonds is 1. The first-order chi connectivity index (χ1) is 8.65. The summed E-state index contributed by atoms with van der Waals surface area (Å²) in [5, 5.41) is 4.80. The minimum atomic E-state index is -0.317. The van der Waals surface area contributed by atoms with Crippen molar-refractivity contribution in [2.24, 2.45) is 0 Å². The number of hydrogen-bond acceptors (Lipinski definition) is 4. The zero-order valence-corrected chi connectivity index (χ0v) is 9.76. The second-order valence-electron chi connectivity index (χ2n) is 3.65. The maximum atomic E-state index is 12.9. The summed E-state index contributed by atoms with van der Waals surface area (Å²) < 4.78 is 14.4. The highest BCUT2D eigenvalue weighted by Gasteiger charge is 2.11. The monoisotopic (exact) mass is 263 g/mol. The fourth-order valence-electron chi connectivity index (χ4n) is 1.67. The first kappa shape index (κ1) is 10.9. The summed E-state index contributed by atoms with van der Waals surface area (Å²) in [5.41, 5.74) is 6.88. The summed E-state index contributed by atoms with van der Waals surface area (Å²) in [7, 11) is 0. The number of nitrogens with zero attached hydrogens (tertiary/aromatic N) is 4. The molecule has 0 aliphatic heterocycles. The van der Waals surface area contributed by atoms with E-state index in [0.29, 0.717) is 16.7 Å². The van der Waals surface area contributed by atoms with Gasteiger partial charge in [0.05, 0.1) is 17.3 Å². The van der Waals surface area contributed by atoms with Crippen LogP contribution in [0.2, 0.25) is 5.28 Å². The van der Waals surface area contributed by atoms with E-state index in [2.05, 4.69) is 15.1 Å². The van der Waals surface area contributed by atoms with E-state index in [1.807, 2.05) is 0 Å². The van der Waals surface area contributed by atoms with Gasteiger partial charge in [0.25, 0.3) is 0 Å². The van der Waals surface area contributed by atoms with Gasteiger partial charge in [0.15, 0.2) is 5.65 Å². The Balaban J connectivity index is 2.27. The third-order valence-electron chi connectivity index (χ3n) is 2.50. The summed E-state index contributed by atoms with van der Waals surface area (Å²) >= 11 is 5.76. The van der Waals surface area contributed by atoms with Gasteiger partial charge in [-0.1, -0.05) is 0 Å². The van der Waals surface area contributed by atoms with E-state index in [1.54, 1.807) is 18.3 Å². The predicted octanol–water partition coefficient (Wildman–Crippen LogP) is 2.19. The Morgan fingerprint density at radius 2 is 1.89 bits per heavy atom. The van der Waals surface area contributed by atoms with Crippen LogP contribution in [0.25, 0.3) is 16.7 Å². The van der Waals surface area contributed by atoms with Gasteiger partial charge in [0, 0.05) is 0 Å². The molecule has 2 N–H and O–H groups in total. The summed E-state index contributed by atoms with van der Waals surface area (Å²) in [5.74, 6) is -0.0549. The third kappa shape index (κ3) is 1.67. The van der Waals surface area contributed by atoms with Crippen molar-refractivity contribution in [3.63, 3.8) is 0 Å². The molecule has 0 unspecified atom stereocenters. The second kappa shape index (κ2) is 3.92. The molecule has 3 aromatic rings. The Bertz CT molecular complexity index is 722. The van der Waals surface area contributed by atoms with Crippen molar-refractivity contribution < 1.29 is 4.39 Å². The molecule has 1 aromatic carbocycles. The van der Waals surface area contributed by atoms with Gasteiger partial charge in [-0.15, -0.1) is 0 Å². The van der Waals surface area contributed by atoms with Crippen LogP contribution in [0.3, 0.4) is 0 Å². The van der Waals surface area contributed by atoms with Gasteiger partial charge in [-0.25, -0.2) is 14.1 Å². The van der Waals surface area contributed by atoms with Crippen LogP contribution in [0.1, 0.15) is 0 Å². The lowest BCUT2D eigenvalue weighted by atomic mass is 10.3. The highest BCUT2D eigenvalue weighted by atomic mass is 35.5. The lowest BCUT2D eigenvalue weighted by molar-refractivity contribution is 0.627. The van der Waals surface area contributed by atoms with E-state index < -0.39 is 0 Å². The van der Waals surface area contributed by atoms with Crippen LogP contribution in [-0.2, 0) is 0 Å². The molecule has 0 saturated heterocycles. The van der Waals surface area contributed by atoms with Crippen LogP contribution in [0.4, 0.5) is 10.2 Å². The number of nitrogens with two attached hydrogens (primary N) is 1. The van der Waals surface area contributed by atoms with Gasteiger partial charge in [-0.2, -0.15) is 10.1 Å². The maximum Gasteiger partial charge on any atom is 0.226 e. The molecule has 0 bridgehead atoms. The van der Waals surface area contributed by atoms with Crippen molar-refractivity contribution in [1.29, 1.82) is 0 Å². The standard InChI is InChI=1S/C11H7ClFN5/c12-11-16-9(14)8-5-15-18(10(8)17-11)7-3-1-6(13)2-4-7/h1-5H,(H2,14,16,17). The molecule has 0 aliphatic carbocycles. The van der Waals surface area contributed by atoms with Gasteiger partial charge >= 0.3 is 0 Å². The van der Waals surface area contributed by atoms with Crippen molar-refractivity contribution >= 4 is 28.5 Å². The van der Waals surface area contributed by atoms with Crippen molar-refractivity contribution in [2.75, 3.05) is 5.73 Å². The Labute approximate surface area is 106 Å². The van der Waals surface area contributed by atoms with Gasteiger partial charge < -0.3 is 5.73 Å². The summed E-state index contributed by atoms with van der Waals surface area (Å²) in [6.45, 7) is 0. The van der Waals surface area contributed by atoms with E-state index in [9.17, 15) is 4.39 Å². The van der Waals surface area contributed by atoms with Crippen LogP contribution >= 0.6 is 11.6 Å². The minimum Gasteiger partial charge on any atom is -0.383 e. The SMILES string of the molecule is Nc1nc(Cl)nc2c1cnn2-c1ccc(F)cc1. The van der Waals surface area contributed by atoms with Crippen molar-refractivity contribution in [3.05, 3.63) is 41.6 Å². The minimum absolute atomic E-state index is 0.0452. The van der Waals surface area contributed by atoms with Crippen LogP contribution in [0.15, 0.2) is 30.5 Å². The van der Waals surface area contributed by atoms with Crippen LogP contribution in [0.5, 0.6) is 0 Å². The molecule has 2 aromatic heterocycles. The van der Waals surface area contributed by atoms with Crippen LogP contribution < -0.4 is 5.73 Å². The molecule has 5 nitrogen and oxygen atoms in total. The molecule has 0 amide bonds. The largest absolute Gasteiger partial charge is 0.383 e. The molecule has 18 heavy (non-hydrogen) atoms. The normalized spacial score (nSPS) is 11.0. The number of fused-ring (bicyclic) bond motifs is 1. The highest BCUT2D eigenvalue weighted by molar-refractivity contribution is 6.28. The first-order valence-corrected chi connectivity index (χ1v) is 5.45. The highest BCUT2D eigenvalue weighted by Crippen LogP contribution is 2.22. The van der Waals surface area contributed by atoms with Crippen molar-refractivity contribution in [2.45, 2.75) is 0 Å². The van der Waals surface area contributed by atoms with Gasteiger partial charge in [0.2, 0.25) is 5.28 Å². The van der Waals surface area contributed by atoms with E-state index in [1.165, 1.54) is 16.8 Å². The molecule has 0 spiro atoms. The fraction of sp³-hybridized carbons (Fsp3) is 0. The molecule has 0 saturated carbocycles. The quantitative estimate of drug-likeness (QED) is 0.683. The molecule has 0 aliphatic rings. The smallest absolute Gasteiger partial charge is 0.226 e. The fourth-order valence-corrected chi connectivity index (χ4v) is 1.84. The Hall–Kier alpha value is -2.21. The molecule has 0 radical (unpaired) electrons. The molecule has 7 heteroatoms. The summed E-state index contributed by atoms with van der Waals surface area (Å²) in [6.07, 6.45) is 1.55. The number of anilines is 1. The van der Waals surface area contributed by atoms with Crippen molar-refractivity contribution in [3.8, 4) is 5.69 Å².